The van der Waals surface area contributed by atoms with E-state index < -0.39 is 0 Å². The number of likely N-dealkylation sites (N-methyl/N-ethyl adjacent to an activating group) is 1. The molecule has 3 N–H and O–H groups in total. The second-order valence-electron chi connectivity index (χ2n) is 8.03. The summed E-state index contributed by atoms with van der Waals surface area (Å²) in [4.78, 5) is 15.9. The van der Waals surface area contributed by atoms with Crippen LogP contribution in [0.1, 0.15) is 36.5 Å². The quantitative estimate of drug-likeness (QED) is 0.371. The molecule has 1 saturated carbocycles. The Labute approximate surface area is 190 Å². The number of hydrogen-bond acceptors (Lipinski definition) is 4. The zero-order chi connectivity index (χ0) is 22.8. The molecule has 1 fully saturated rings. The van der Waals surface area contributed by atoms with Gasteiger partial charge in [0, 0.05) is 32.2 Å². The number of guanidine groups is 1. The van der Waals surface area contributed by atoms with Crippen molar-refractivity contribution in [3.05, 3.63) is 59.2 Å². The third kappa shape index (κ3) is 7.80. The summed E-state index contributed by atoms with van der Waals surface area (Å²) in [5, 5.41) is 9.40. The van der Waals surface area contributed by atoms with Crippen LogP contribution < -0.4 is 25.4 Å². The minimum absolute atomic E-state index is 0.00957. The van der Waals surface area contributed by atoms with E-state index in [1.54, 1.807) is 7.05 Å². The molecule has 172 valence electrons. The van der Waals surface area contributed by atoms with Crippen LogP contribution >= 0.6 is 0 Å². The van der Waals surface area contributed by atoms with Gasteiger partial charge in [-0.05, 0) is 61.9 Å². The molecule has 3 rings (SSSR count). The molecule has 0 spiro atoms. The van der Waals surface area contributed by atoms with E-state index in [9.17, 15) is 4.79 Å². The van der Waals surface area contributed by atoms with E-state index in [-0.39, 0.29) is 12.5 Å². The topological polar surface area (TPSA) is 84.0 Å². The molecule has 7 heteroatoms. The van der Waals surface area contributed by atoms with Crippen molar-refractivity contribution < 1.29 is 14.3 Å². The van der Waals surface area contributed by atoms with Gasteiger partial charge in [0.15, 0.2) is 12.6 Å². The third-order valence-corrected chi connectivity index (χ3v) is 5.17. The van der Waals surface area contributed by atoms with Crippen LogP contribution in [0.3, 0.4) is 0 Å². The first kappa shape index (κ1) is 23.4. The summed E-state index contributed by atoms with van der Waals surface area (Å²) in [5.41, 5.74) is 3.33. The van der Waals surface area contributed by atoms with E-state index in [0.717, 1.165) is 23.5 Å². The number of rotatable bonds is 11. The summed E-state index contributed by atoms with van der Waals surface area (Å²) in [6, 6.07) is 14.0. The van der Waals surface area contributed by atoms with E-state index >= 15 is 0 Å². The first-order chi connectivity index (χ1) is 15.6. The van der Waals surface area contributed by atoms with Gasteiger partial charge in [-0.25, -0.2) is 0 Å². The summed E-state index contributed by atoms with van der Waals surface area (Å²) in [5.74, 6) is 2.89. The number of hydrogen-bond donors (Lipinski definition) is 3. The van der Waals surface area contributed by atoms with E-state index in [1.807, 2.05) is 31.2 Å². The highest BCUT2D eigenvalue weighted by atomic mass is 16.5. The number of nitrogens with zero attached hydrogens (tertiary/aromatic N) is 1. The van der Waals surface area contributed by atoms with Crippen molar-refractivity contribution >= 4 is 11.9 Å². The first-order valence-corrected chi connectivity index (χ1v) is 11.2. The molecule has 1 amide bonds. The highest BCUT2D eigenvalue weighted by molar-refractivity contribution is 5.79. The van der Waals surface area contributed by atoms with Crippen molar-refractivity contribution in [3.8, 4) is 11.5 Å². The van der Waals surface area contributed by atoms with Crippen LogP contribution in [0.15, 0.2) is 47.5 Å². The standard InChI is InChI=1S/C25H34N4O3/c1-4-27-24(30)17-31-22-7-5-6-20(13-22)14-28-25(26-3)29-15-21-11-8-18(2)12-23(21)32-16-19-9-10-19/h5-8,11-13,19H,4,9-10,14-17H2,1-3H3,(H,27,30)(H2,26,28,29). The molecule has 0 aromatic heterocycles. The van der Waals surface area contributed by atoms with Gasteiger partial charge in [-0.1, -0.05) is 24.3 Å². The molecular weight excluding hydrogens is 404 g/mol. The summed E-state index contributed by atoms with van der Waals surface area (Å²) >= 11 is 0. The number of nitrogens with one attached hydrogen (secondary N) is 3. The van der Waals surface area contributed by atoms with Crippen molar-refractivity contribution in [2.75, 3.05) is 26.8 Å². The van der Waals surface area contributed by atoms with Gasteiger partial charge in [-0.3, -0.25) is 9.79 Å². The molecule has 7 nitrogen and oxygen atoms in total. The Morgan fingerprint density at radius 2 is 1.88 bits per heavy atom. The number of carbonyl (C=O) groups excluding carboxylic acids is 1. The fourth-order valence-electron chi connectivity index (χ4n) is 3.16. The van der Waals surface area contributed by atoms with Crippen molar-refractivity contribution in [2.45, 2.75) is 39.8 Å². The molecule has 0 heterocycles. The molecule has 2 aromatic carbocycles. The molecule has 0 unspecified atom stereocenters. The van der Waals surface area contributed by atoms with E-state index in [2.05, 4.69) is 46.1 Å². The van der Waals surface area contributed by atoms with E-state index in [0.29, 0.717) is 37.3 Å². The molecule has 0 saturated heterocycles. The first-order valence-electron chi connectivity index (χ1n) is 11.2. The van der Waals surface area contributed by atoms with E-state index in [4.69, 9.17) is 9.47 Å². The lowest BCUT2D eigenvalue weighted by Gasteiger charge is -2.16. The maximum absolute atomic E-state index is 11.6. The zero-order valence-corrected chi connectivity index (χ0v) is 19.2. The minimum atomic E-state index is -0.128. The number of benzene rings is 2. The maximum Gasteiger partial charge on any atom is 0.257 e. The molecule has 1 aliphatic rings. The maximum atomic E-state index is 11.6. The second-order valence-corrected chi connectivity index (χ2v) is 8.03. The number of aliphatic imine (C=N–C) groups is 1. The van der Waals surface area contributed by atoms with Crippen LogP contribution in [0, 0.1) is 12.8 Å². The van der Waals surface area contributed by atoms with Gasteiger partial charge in [0.05, 0.1) is 6.61 Å². The fraction of sp³-hybridized carbons (Fsp3) is 0.440. The Kier molecular flexibility index (Phi) is 8.78. The van der Waals surface area contributed by atoms with Crippen LogP contribution in [-0.4, -0.2) is 38.7 Å². The smallest absolute Gasteiger partial charge is 0.257 e. The normalized spacial score (nSPS) is 13.4. The molecule has 32 heavy (non-hydrogen) atoms. The number of carbonyl (C=O) groups is 1. The van der Waals surface area contributed by atoms with Crippen molar-refractivity contribution in [1.29, 1.82) is 0 Å². The highest BCUT2D eigenvalue weighted by Crippen LogP contribution is 2.30. The van der Waals surface area contributed by atoms with Gasteiger partial charge in [0.2, 0.25) is 0 Å². The minimum Gasteiger partial charge on any atom is -0.493 e. The molecule has 0 radical (unpaired) electrons. The molecule has 0 aliphatic heterocycles. The lowest BCUT2D eigenvalue weighted by molar-refractivity contribution is -0.122. The molecule has 1 aliphatic carbocycles. The van der Waals surface area contributed by atoms with Gasteiger partial charge in [0.25, 0.3) is 5.91 Å². The summed E-state index contributed by atoms with van der Waals surface area (Å²) in [6.45, 7) is 6.56. The lowest BCUT2D eigenvalue weighted by atomic mass is 10.1. The van der Waals surface area contributed by atoms with E-state index in [1.165, 1.54) is 18.4 Å². The predicted octanol–water partition coefficient (Wildman–Crippen LogP) is 3.16. The summed E-state index contributed by atoms with van der Waals surface area (Å²) in [6.07, 6.45) is 2.54. The molecule has 0 atom stereocenters. The number of aryl methyl sites for hydroxylation is 1. The average molecular weight is 439 g/mol. The Bertz CT molecular complexity index is 925. The van der Waals surface area contributed by atoms with Gasteiger partial charge in [-0.15, -0.1) is 0 Å². The van der Waals surface area contributed by atoms with Gasteiger partial charge in [0.1, 0.15) is 11.5 Å². The Hall–Kier alpha value is -3.22. The monoisotopic (exact) mass is 438 g/mol. The fourth-order valence-corrected chi connectivity index (χ4v) is 3.16. The lowest BCUT2D eigenvalue weighted by Crippen LogP contribution is -2.36. The molecular formula is C25H34N4O3. The Balaban J connectivity index is 1.50. The van der Waals surface area contributed by atoms with Crippen LogP contribution in [0.4, 0.5) is 0 Å². The Morgan fingerprint density at radius 1 is 1.06 bits per heavy atom. The molecule has 0 bridgehead atoms. The van der Waals surface area contributed by atoms with Gasteiger partial charge >= 0.3 is 0 Å². The van der Waals surface area contributed by atoms with Crippen LogP contribution in [0.2, 0.25) is 0 Å². The van der Waals surface area contributed by atoms with Crippen LogP contribution in [0.25, 0.3) is 0 Å². The van der Waals surface area contributed by atoms with Crippen molar-refractivity contribution in [1.82, 2.24) is 16.0 Å². The SMILES string of the molecule is CCNC(=O)COc1cccc(CNC(=NC)NCc2ccc(C)cc2OCC2CC2)c1. The largest absolute Gasteiger partial charge is 0.493 e. The van der Waals surface area contributed by atoms with Crippen LogP contribution in [0.5, 0.6) is 11.5 Å². The van der Waals surface area contributed by atoms with Crippen molar-refractivity contribution in [3.63, 3.8) is 0 Å². The zero-order valence-electron chi connectivity index (χ0n) is 19.2. The predicted molar refractivity (Wildman–Crippen MR) is 127 cm³/mol. The summed E-state index contributed by atoms with van der Waals surface area (Å²) < 4.78 is 11.6. The number of ether oxygens (including phenoxy) is 2. The summed E-state index contributed by atoms with van der Waals surface area (Å²) in [7, 11) is 1.75. The number of amides is 1. The second kappa shape index (κ2) is 12.0. The average Bonchev–Trinajstić information content (AvgIpc) is 3.62. The third-order valence-electron chi connectivity index (χ3n) is 5.17. The van der Waals surface area contributed by atoms with Gasteiger partial charge < -0.3 is 25.4 Å². The van der Waals surface area contributed by atoms with Crippen LogP contribution in [-0.2, 0) is 17.9 Å². The molecule has 2 aromatic rings. The van der Waals surface area contributed by atoms with Crippen molar-refractivity contribution in [2.24, 2.45) is 10.9 Å². The Morgan fingerprint density at radius 3 is 2.62 bits per heavy atom. The van der Waals surface area contributed by atoms with Gasteiger partial charge in [-0.2, -0.15) is 0 Å². The highest BCUT2D eigenvalue weighted by Gasteiger charge is 2.22.